The molecule has 0 radical (unpaired) electrons. The summed E-state index contributed by atoms with van der Waals surface area (Å²) in [5, 5.41) is 0.138. The molecule has 0 aliphatic rings. The largest absolute Gasteiger partial charge is 0.281 e. The van der Waals surface area contributed by atoms with Gasteiger partial charge >= 0.3 is 0 Å². The molecular formula is C11H8Cl4O. The second-order valence-corrected chi connectivity index (χ2v) is 5.04. The maximum absolute atomic E-state index is 10.9. The van der Waals surface area contributed by atoms with Gasteiger partial charge in [-0.25, -0.2) is 0 Å². The molecule has 5 heteroatoms. The van der Waals surface area contributed by atoms with Crippen LogP contribution in [0.5, 0.6) is 0 Å². The Morgan fingerprint density at radius 1 is 1.31 bits per heavy atom. The molecule has 0 heterocycles. The van der Waals surface area contributed by atoms with E-state index in [0.717, 1.165) is 5.56 Å². The second-order valence-electron chi connectivity index (χ2n) is 3.18. The van der Waals surface area contributed by atoms with Crippen molar-refractivity contribution in [2.24, 2.45) is 0 Å². The lowest BCUT2D eigenvalue weighted by Crippen LogP contribution is -2.00. The van der Waals surface area contributed by atoms with Crippen LogP contribution in [0, 0.1) is 0 Å². The smallest absolute Gasteiger partial charge is 0.222 e. The Morgan fingerprint density at radius 2 is 2.00 bits per heavy atom. The molecule has 86 valence electrons. The van der Waals surface area contributed by atoms with Crippen LogP contribution >= 0.6 is 46.4 Å². The Kier molecular flexibility index (Phi) is 5.63. The summed E-state index contributed by atoms with van der Waals surface area (Å²) in [6.45, 7) is 0. The highest BCUT2D eigenvalue weighted by atomic mass is 35.5. The van der Waals surface area contributed by atoms with E-state index in [1.54, 1.807) is 24.3 Å². The monoisotopic (exact) mass is 296 g/mol. The Labute approximate surface area is 114 Å². The van der Waals surface area contributed by atoms with Crippen LogP contribution in [-0.4, -0.2) is 5.24 Å². The van der Waals surface area contributed by atoms with Crippen LogP contribution in [0.25, 0.3) is 0 Å². The van der Waals surface area contributed by atoms with Crippen LogP contribution < -0.4 is 0 Å². The zero-order valence-electron chi connectivity index (χ0n) is 8.09. The average Bonchev–Trinajstić information content (AvgIpc) is 2.15. The van der Waals surface area contributed by atoms with Crippen molar-refractivity contribution < 1.29 is 4.79 Å². The van der Waals surface area contributed by atoms with Crippen LogP contribution in [0.1, 0.15) is 17.9 Å². The molecule has 1 atom stereocenters. The number of allylic oxidation sites excluding steroid dienone is 1. The third-order valence-electron chi connectivity index (χ3n) is 1.98. The van der Waals surface area contributed by atoms with Crippen molar-refractivity contribution >= 4 is 51.6 Å². The van der Waals surface area contributed by atoms with E-state index in [2.05, 4.69) is 0 Å². The SMILES string of the molecule is O=C(Cl)CC(C=C(Cl)Cl)c1cccc(Cl)c1. The topological polar surface area (TPSA) is 17.1 Å². The van der Waals surface area contributed by atoms with Gasteiger partial charge in [0.25, 0.3) is 0 Å². The summed E-state index contributed by atoms with van der Waals surface area (Å²) in [5.41, 5.74) is 0.848. The van der Waals surface area contributed by atoms with Gasteiger partial charge < -0.3 is 0 Å². The van der Waals surface area contributed by atoms with Gasteiger partial charge in [0, 0.05) is 17.4 Å². The van der Waals surface area contributed by atoms with Gasteiger partial charge in [0.2, 0.25) is 5.24 Å². The molecule has 0 saturated carbocycles. The normalized spacial score (nSPS) is 12.0. The van der Waals surface area contributed by atoms with Crippen LogP contribution in [0.2, 0.25) is 5.02 Å². The van der Waals surface area contributed by atoms with E-state index in [-0.39, 0.29) is 16.8 Å². The first kappa shape index (κ1) is 13.9. The highest BCUT2D eigenvalue weighted by Crippen LogP contribution is 2.27. The fraction of sp³-hybridized carbons (Fsp3) is 0.182. The Hall–Kier alpha value is -0.210. The number of carbonyl (C=O) groups is 1. The first-order valence-electron chi connectivity index (χ1n) is 4.45. The third kappa shape index (κ3) is 4.75. The quantitative estimate of drug-likeness (QED) is 0.723. The Morgan fingerprint density at radius 3 is 2.50 bits per heavy atom. The summed E-state index contributed by atoms with van der Waals surface area (Å²) in [7, 11) is 0. The number of benzene rings is 1. The van der Waals surface area contributed by atoms with E-state index in [4.69, 9.17) is 46.4 Å². The van der Waals surface area contributed by atoms with Crippen molar-refractivity contribution in [2.75, 3.05) is 0 Å². The lowest BCUT2D eigenvalue weighted by atomic mass is 9.96. The molecule has 1 aromatic carbocycles. The average molecular weight is 298 g/mol. The van der Waals surface area contributed by atoms with Gasteiger partial charge in [-0.05, 0) is 35.4 Å². The minimum absolute atomic E-state index is 0.0999. The molecule has 0 fully saturated rings. The number of rotatable bonds is 4. The van der Waals surface area contributed by atoms with Gasteiger partial charge in [-0.3, -0.25) is 4.79 Å². The molecule has 16 heavy (non-hydrogen) atoms. The summed E-state index contributed by atoms with van der Waals surface area (Å²) >= 11 is 22.4. The molecule has 0 spiro atoms. The van der Waals surface area contributed by atoms with Gasteiger partial charge in [0.1, 0.15) is 4.49 Å². The van der Waals surface area contributed by atoms with E-state index < -0.39 is 5.24 Å². The minimum Gasteiger partial charge on any atom is -0.281 e. The highest BCUT2D eigenvalue weighted by Gasteiger charge is 2.13. The minimum atomic E-state index is -0.448. The molecule has 1 rings (SSSR count). The number of hydrogen-bond acceptors (Lipinski definition) is 1. The van der Waals surface area contributed by atoms with Crippen molar-refractivity contribution in [1.29, 1.82) is 0 Å². The van der Waals surface area contributed by atoms with E-state index in [1.165, 1.54) is 0 Å². The number of hydrogen-bond donors (Lipinski definition) is 0. The number of carbonyl (C=O) groups excluding carboxylic acids is 1. The standard InChI is InChI=1S/C11H8Cl4O/c12-9-3-1-2-7(4-9)8(5-10(13)14)6-11(15)16/h1-5,8H,6H2. The summed E-state index contributed by atoms with van der Waals surface area (Å²) in [6, 6.07) is 7.12. The third-order valence-corrected chi connectivity index (χ3v) is 2.63. The summed E-state index contributed by atoms with van der Waals surface area (Å²) in [5.74, 6) is -0.256. The maximum atomic E-state index is 10.9. The molecule has 0 aromatic heterocycles. The van der Waals surface area contributed by atoms with Gasteiger partial charge in [-0.1, -0.05) is 46.9 Å². The van der Waals surface area contributed by atoms with Crippen molar-refractivity contribution in [3.63, 3.8) is 0 Å². The summed E-state index contributed by atoms with van der Waals surface area (Å²) in [4.78, 5) is 10.9. The molecule has 1 aromatic rings. The van der Waals surface area contributed by atoms with Crippen LogP contribution in [-0.2, 0) is 4.79 Å². The first-order chi connectivity index (χ1) is 7.49. The fourth-order valence-electron chi connectivity index (χ4n) is 1.34. The zero-order chi connectivity index (χ0) is 12.1. The zero-order valence-corrected chi connectivity index (χ0v) is 11.1. The van der Waals surface area contributed by atoms with Gasteiger partial charge in [0.15, 0.2) is 0 Å². The lowest BCUT2D eigenvalue weighted by molar-refractivity contribution is -0.111. The maximum Gasteiger partial charge on any atom is 0.222 e. The summed E-state index contributed by atoms with van der Waals surface area (Å²) < 4.78 is 0.0999. The molecule has 0 bridgehead atoms. The van der Waals surface area contributed by atoms with Gasteiger partial charge in [-0.2, -0.15) is 0 Å². The van der Waals surface area contributed by atoms with Crippen LogP contribution in [0.3, 0.4) is 0 Å². The van der Waals surface area contributed by atoms with E-state index in [9.17, 15) is 4.79 Å². The molecule has 0 saturated heterocycles. The summed E-state index contributed by atoms with van der Waals surface area (Å²) in [6.07, 6.45) is 1.69. The fourth-order valence-corrected chi connectivity index (χ4v) is 2.00. The molecule has 1 nitrogen and oxygen atoms in total. The van der Waals surface area contributed by atoms with Crippen molar-refractivity contribution in [1.82, 2.24) is 0 Å². The van der Waals surface area contributed by atoms with Crippen LogP contribution in [0.15, 0.2) is 34.8 Å². The van der Waals surface area contributed by atoms with Crippen molar-refractivity contribution in [3.05, 3.63) is 45.4 Å². The van der Waals surface area contributed by atoms with Crippen molar-refractivity contribution in [3.8, 4) is 0 Å². The van der Waals surface area contributed by atoms with Crippen molar-refractivity contribution in [2.45, 2.75) is 12.3 Å². The highest BCUT2D eigenvalue weighted by molar-refractivity contribution is 6.63. The number of halogens is 4. The molecule has 0 N–H and O–H groups in total. The Balaban J connectivity index is 3.00. The van der Waals surface area contributed by atoms with Gasteiger partial charge in [-0.15, -0.1) is 0 Å². The molecule has 0 amide bonds. The molecule has 0 aliphatic heterocycles. The Bertz CT molecular complexity index is 410. The van der Waals surface area contributed by atoms with Crippen LogP contribution in [0.4, 0.5) is 0 Å². The lowest BCUT2D eigenvalue weighted by Gasteiger charge is -2.11. The van der Waals surface area contributed by atoms with E-state index >= 15 is 0 Å². The second kappa shape index (κ2) is 6.51. The molecule has 0 aliphatic carbocycles. The van der Waals surface area contributed by atoms with E-state index in [0.29, 0.717) is 5.02 Å². The first-order valence-corrected chi connectivity index (χ1v) is 5.97. The predicted molar refractivity (Wildman–Crippen MR) is 69.5 cm³/mol. The molecular weight excluding hydrogens is 290 g/mol. The predicted octanol–water partition coefficient (Wildman–Crippen LogP) is 4.90. The van der Waals surface area contributed by atoms with Gasteiger partial charge in [0.05, 0.1) is 0 Å². The van der Waals surface area contributed by atoms with E-state index in [1.807, 2.05) is 6.07 Å². The molecule has 1 unspecified atom stereocenters.